The molecule has 0 amide bonds. The van der Waals surface area contributed by atoms with E-state index >= 15 is 0 Å². The Morgan fingerprint density at radius 2 is 2.16 bits per heavy atom. The summed E-state index contributed by atoms with van der Waals surface area (Å²) >= 11 is 1.72. The van der Waals surface area contributed by atoms with E-state index in [0.717, 1.165) is 17.3 Å². The highest BCUT2D eigenvalue weighted by molar-refractivity contribution is 7.25. The van der Waals surface area contributed by atoms with Crippen molar-refractivity contribution >= 4 is 31.8 Å². The van der Waals surface area contributed by atoms with Crippen LogP contribution in [0.1, 0.15) is 5.56 Å². The number of benzene rings is 1. The molecule has 3 nitrogen and oxygen atoms in total. The summed E-state index contributed by atoms with van der Waals surface area (Å²) in [5.41, 5.74) is 3.62. The number of oxazole rings is 1. The van der Waals surface area contributed by atoms with E-state index in [-0.39, 0.29) is 0 Å². The smallest absolute Gasteiger partial charge is 0.383 e. The van der Waals surface area contributed by atoms with Gasteiger partial charge in [-0.05, 0) is 18.2 Å². The monoisotopic (exact) mass is 265 g/mol. The lowest BCUT2D eigenvalue weighted by Gasteiger charge is -1.88. The maximum Gasteiger partial charge on any atom is 0.383 e. The SMILES string of the molecule is c1ccc2c(c1)sc1oc3[n+](c12)Cc1cnccc1-3. The molecule has 4 aromatic rings. The quantitative estimate of drug-likeness (QED) is 0.402. The minimum Gasteiger partial charge on any atom is -0.386 e. The molecule has 5 rings (SSSR count). The van der Waals surface area contributed by atoms with E-state index in [2.05, 4.69) is 33.8 Å². The molecular weight excluding hydrogens is 256 g/mol. The van der Waals surface area contributed by atoms with Gasteiger partial charge in [0.05, 0.1) is 16.5 Å². The van der Waals surface area contributed by atoms with E-state index < -0.39 is 0 Å². The molecule has 90 valence electrons. The Labute approximate surface area is 112 Å². The van der Waals surface area contributed by atoms with Gasteiger partial charge < -0.3 is 4.42 Å². The molecule has 0 fully saturated rings. The summed E-state index contributed by atoms with van der Waals surface area (Å²) in [5.74, 6) is 0.962. The third-order valence-corrected chi connectivity index (χ3v) is 4.74. The van der Waals surface area contributed by atoms with Gasteiger partial charge in [0.2, 0.25) is 0 Å². The fraction of sp³-hybridized carbons (Fsp3) is 0.0667. The Hall–Kier alpha value is -2.20. The van der Waals surface area contributed by atoms with E-state index in [4.69, 9.17) is 4.42 Å². The third-order valence-electron chi connectivity index (χ3n) is 3.71. The van der Waals surface area contributed by atoms with Crippen molar-refractivity contribution in [3.05, 3.63) is 48.3 Å². The summed E-state index contributed by atoms with van der Waals surface area (Å²) in [6.07, 6.45) is 3.75. The number of thiophene rings is 1. The molecule has 0 radical (unpaired) electrons. The van der Waals surface area contributed by atoms with Gasteiger partial charge in [-0.25, -0.2) is 0 Å². The van der Waals surface area contributed by atoms with Crippen molar-refractivity contribution in [1.29, 1.82) is 0 Å². The Kier molecular flexibility index (Phi) is 1.64. The van der Waals surface area contributed by atoms with E-state index in [1.165, 1.54) is 26.7 Å². The number of pyridine rings is 1. The summed E-state index contributed by atoms with van der Waals surface area (Å²) < 4.78 is 9.62. The van der Waals surface area contributed by atoms with Crippen molar-refractivity contribution in [2.45, 2.75) is 6.54 Å². The molecule has 4 heteroatoms. The van der Waals surface area contributed by atoms with Gasteiger partial charge in [0, 0.05) is 17.1 Å². The number of aromatic nitrogens is 2. The highest BCUT2D eigenvalue weighted by Crippen LogP contribution is 2.38. The second kappa shape index (κ2) is 3.22. The molecule has 0 atom stereocenters. The Bertz CT molecular complexity index is 951. The average Bonchev–Trinajstić information content (AvgIpc) is 3.05. The highest BCUT2D eigenvalue weighted by atomic mass is 32.1. The maximum absolute atomic E-state index is 6.08. The molecule has 1 aliphatic heterocycles. The normalized spacial score (nSPS) is 13.1. The zero-order valence-electron chi connectivity index (χ0n) is 9.96. The fourth-order valence-electron chi connectivity index (χ4n) is 2.86. The largest absolute Gasteiger partial charge is 0.386 e. The van der Waals surface area contributed by atoms with Crippen LogP contribution in [0.25, 0.3) is 32.0 Å². The fourth-order valence-corrected chi connectivity index (χ4v) is 3.92. The van der Waals surface area contributed by atoms with E-state index in [9.17, 15) is 0 Å². The van der Waals surface area contributed by atoms with Gasteiger partial charge in [-0.15, -0.1) is 0 Å². The standard InChI is InChI=1S/C15H9N2OS/c1-2-4-12-11(3-1)13-15(19-12)18-14-10-5-6-16-7-9(10)8-17(13)14/h1-7H,8H2/q+1. The lowest BCUT2D eigenvalue weighted by Crippen LogP contribution is -2.30. The van der Waals surface area contributed by atoms with Crippen LogP contribution in [-0.2, 0) is 6.54 Å². The van der Waals surface area contributed by atoms with Crippen molar-refractivity contribution < 1.29 is 8.98 Å². The topological polar surface area (TPSA) is 29.9 Å². The summed E-state index contributed by atoms with van der Waals surface area (Å²) in [4.78, 5) is 5.21. The number of nitrogens with zero attached hydrogens (tertiary/aromatic N) is 2. The van der Waals surface area contributed by atoms with E-state index in [0.29, 0.717) is 0 Å². The lowest BCUT2D eigenvalue weighted by atomic mass is 10.2. The third kappa shape index (κ3) is 1.12. The molecule has 0 saturated heterocycles. The first-order chi connectivity index (χ1) is 9.42. The first-order valence-corrected chi connectivity index (χ1v) is 7.00. The van der Waals surface area contributed by atoms with Crippen molar-refractivity contribution in [2.24, 2.45) is 0 Å². The molecule has 3 aromatic heterocycles. The van der Waals surface area contributed by atoms with Gasteiger partial charge in [-0.3, -0.25) is 4.98 Å². The summed E-state index contributed by atoms with van der Waals surface area (Å²) in [6, 6.07) is 10.5. The molecule has 1 aliphatic rings. The predicted molar refractivity (Wildman–Crippen MR) is 74.1 cm³/mol. The van der Waals surface area contributed by atoms with Gasteiger partial charge in [0.15, 0.2) is 6.54 Å². The molecule has 0 saturated carbocycles. The van der Waals surface area contributed by atoms with Crippen LogP contribution in [0.2, 0.25) is 0 Å². The molecule has 0 aliphatic carbocycles. The van der Waals surface area contributed by atoms with Gasteiger partial charge in [-0.1, -0.05) is 23.5 Å². The predicted octanol–water partition coefficient (Wildman–Crippen LogP) is 3.36. The van der Waals surface area contributed by atoms with Crippen LogP contribution in [0.3, 0.4) is 0 Å². The molecule has 4 heterocycles. The number of fused-ring (bicyclic) bond motifs is 7. The van der Waals surface area contributed by atoms with Crippen LogP contribution in [0.5, 0.6) is 0 Å². The van der Waals surface area contributed by atoms with Gasteiger partial charge >= 0.3 is 5.89 Å². The van der Waals surface area contributed by atoms with Crippen molar-refractivity contribution in [3.63, 3.8) is 0 Å². The molecule has 0 N–H and O–H groups in total. The lowest BCUT2D eigenvalue weighted by molar-refractivity contribution is -0.648. The number of rotatable bonds is 0. The van der Waals surface area contributed by atoms with Crippen molar-refractivity contribution in [2.75, 3.05) is 0 Å². The van der Waals surface area contributed by atoms with Gasteiger partial charge in [0.25, 0.3) is 10.4 Å². The minimum atomic E-state index is 0.853. The second-order valence-corrected chi connectivity index (χ2v) is 5.78. The van der Waals surface area contributed by atoms with Crippen molar-refractivity contribution in [1.82, 2.24) is 4.98 Å². The van der Waals surface area contributed by atoms with Gasteiger partial charge in [-0.2, -0.15) is 4.57 Å². The molecule has 0 unspecified atom stereocenters. The zero-order valence-corrected chi connectivity index (χ0v) is 10.8. The Balaban J connectivity index is 1.94. The first-order valence-electron chi connectivity index (χ1n) is 6.19. The number of hydrogen-bond acceptors (Lipinski definition) is 3. The Morgan fingerprint density at radius 3 is 3.16 bits per heavy atom. The minimum absolute atomic E-state index is 0.853. The van der Waals surface area contributed by atoms with Crippen LogP contribution >= 0.6 is 11.3 Å². The highest BCUT2D eigenvalue weighted by Gasteiger charge is 2.35. The first kappa shape index (κ1) is 9.69. The van der Waals surface area contributed by atoms with E-state index in [1.54, 1.807) is 11.3 Å². The molecular formula is C15H9N2OS+. The van der Waals surface area contributed by atoms with Crippen LogP contribution in [0, 0.1) is 0 Å². The summed E-state index contributed by atoms with van der Waals surface area (Å²) in [5, 5.41) is 1.28. The average molecular weight is 265 g/mol. The maximum atomic E-state index is 6.08. The van der Waals surface area contributed by atoms with Crippen molar-refractivity contribution in [3.8, 4) is 11.5 Å². The van der Waals surface area contributed by atoms with Crippen LogP contribution in [-0.4, -0.2) is 4.98 Å². The summed E-state index contributed by atoms with van der Waals surface area (Å²) in [6.45, 7) is 0.853. The molecule has 1 aromatic carbocycles. The zero-order chi connectivity index (χ0) is 12.4. The second-order valence-electron chi connectivity index (χ2n) is 4.76. The van der Waals surface area contributed by atoms with Crippen LogP contribution in [0.4, 0.5) is 0 Å². The molecule has 19 heavy (non-hydrogen) atoms. The molecule has 0 bridgehead atoms. The summed E-state index contributed by atoms with van der Waals surface area (Å²) in [7, 11) is 0. The van der Waals surface area contributed by atoms with Crippen LogP contribution in [0.15, 0.2) is 47.1 Å². The molecule has 0 spiro atoms. The number of hydrogen-bond donors (Lipinski definition) is 0. The Morgan fingerprint density at radius 1 is 1.21 bits per heavy atom. The van der Waals surface area contributed by atoms with Crippen LogP contribution < -0.4 is 4.57 Å². The van der Waals surface area contributed by atoms with Gasteiger partial charge in [0.1, 0.15) is 0 Å². The van der Waals surface area contributed by atoms with E-state index in [1.807, 2.05) is 18.5 Å².